The molecule has 5 rings (SSSR count). The van der Waals surface area contributed by atoms with Crippen molar-refractivity contribution in [1.82, 2.24) is 9.80 Å². The number of para-hydroxylation sites is 1. The molecule has 3 aromatic carbocycles. The van der Waals surface area contributed by atoms with Crippen molar-refractivity contribution in [3.05, 3.63) is 108 Å². The fourth-order valence-corrected chi connectivity index (χ4v) is 4.47. The fourth-order valence-electron chi connectivity index (χ4n) is 4.47. The molecule has 0 unspecified atom stereocenters. The lowest BCUT2D eigenvalue weighted by Gasteiger charge is -2.37. The summed E-state index contributed by atoms with van der Waals surface area (Å²) in [6, 6.07) is 25.4. The van der Waals surface area contributed by atoms with Gasteiger partial charge in [-0.1, -0.05) is 60.7 Å². The molecule has 2 amide bonds. The number of carbonyl (C=O) groups excluding carboxylic acids is 2. The standard InChI is InChI=1S/C27H24FN3O2/c28-22-13-11-21(12-14-22)24-25(27(33)31(26(24)32)19-20-7-3-1-4-8-20)30-17-15-29(16-18-30)23-9-5-2-6-10-23/h1-14H,15-19H2. The molecule has 2 aliphatic rings. The molecule has 3 aromatic rings. The second-order valence-corrected chi connectivity index (χ2v) is 8.22. The van der Waals surface area contributed by atoms with Gasteiger partial charge in [0.1, 0.15) is 11.5 Å². The summed E-state index contributed by atoms with van der Waals surface area (Å²) in [5.41, 5.74) is 3.35. The normalized spacial score (nSPS) is 16.7. The van der Waals surface area contributed by atoms with Gasteiger partial charge in [-0.3, -0.25) is 14.5 Å². The highest BCUT2D eigenvalue weighted by Gasteiger charge is 2.42. The monoisotopic (exact) mass is 441 g/mol. The van der Waals surface area contributed by atoms with E-state index in [9.17, 15) is 14.0 Å². The van der Waals surface area contributed by atoms with Crippen LogP contribution in [0.2, 0.25) is 0 Å². The molecule has 0 N–H and O–H groups in total. The largest absolute Gasteiger partial charge is 0.368 e. The predicted molar refractivity (Wildman–Crippen MR) is 126 cm³/mol. The van der Waals surface area contributed by atoms with Gasteiger partial charge in [-0.2, -0.15) is 0 Å². The Morgan fingerprint density at radius 3 is 1.88 bits per heavy atom. The topological polar surface area (TPSA) is 43.9 Å². The summed E-state index contributed by atoms with van der Waals surface area (Å²) < 4.78 is 13.6. The molecule has 5 nitrogen and oxygen atoms in total. The number of amides is 2. The maximum absolute atomic E-state index is 13.6. The van der Waals surface area contributed by atoms with Crippen LogP contribution in [-0.4, -0.2) is 47.8 Å². The summed E-state index contributed by atoms with van der Waals surface area (Å²) in [5.74, 6) is -1.01. The van der Waals surface area contributed by atoms with Crippen LogP contribution in [0.25, 0.3) is 5.57 Å². The highest BCUT2D eigenvalue weighted by atomic mass is 19.1. The van der Waals surface area contributed by atoms with Crippen molar-refractivity contribution in [2.45, 2.75) is 6.54 Å². The Balaban J connectivity index is 1.45. The molecule has 0 radical (unpaired) electrons. The smallest absolute Gasteiger partial charge is 0.278 e. The number of piperazine rings is 1. The number of rotatable bonds is 5. The van der Waals surface area contributed by atoms with Crippen LogP contribution in [0.1, 0.15) is 11.1 Å². The lowest BCUT2D eigenvalue weighted by atomic mass is 10.0. The van der Waals surface area contributed by atoms with Crippen LogP contribution < -0.4 is 4.90 Å². The molecule has 33 heavy (non-hydrogen) atoms. The molecular formula is C27H24FN3O2. The number of hydrogen-bond donors (Lipinski definition) is 0. The van der Waals surface area contributed by atoms with E-state index in [-0.39, 0.29) is 24.2 Å². The third-order valence-electron chi connectivity index (χ3n) is 6.18. The molecule has 1 fully saturated rings. The van der Waals surface area contributed by atoms with Crippen LogP contribution >= 0.6 is 0 Å². The first-order chi connectivity index (χ1) is 16.1. The molecule has 1 saturated heterocycles. The first-order valence-electron chi connectivity index (χ1n) is 11.1. The number of anilines is 1. The second kappa shape index (κ2) is 8.90. The van der Waals surface area contributed by atoms with Gasteiger partial charge in [0.2, 0.25) is 0 Å². The van der Waals surface area contributed by atoms with Crippen LogP contribution in [0, 0.1) is 5.82 Å². The molecule has 0 spiro atoms. The Bertz CT molecular complexity index is 1190. The summed E-state index contributed by atoms with van der Waals surface area (Å²) in [5, 5.41) is 0. The summed E-state index contributed by atoms with van der Waals surface area (Å²) >= 11 is 0. The lowest BCUT2D eigenvalue weighted by molar-refractivity contribution is -0.138. The van der Waals surface area contributed by atoms with E-state index in [1.165, 1.54) is 17.0 Å². The van der Waals surface area contributed by atoms with Crippen molar-refractivity contribution >= 4 is 23.1 Å². The van der Waals surface area contributed by atoms with E-state index in [4.69, 9.17) is 0 Å². The van der Waals surface area contributed by atoms with Crippen LogP contribution in [-0.2, 0) is 16.1 Å². The SMILES string of the molecule is O=C1C(c2ccc(F)cc2)=C(N2CCN(c3ccccc3)CC2)C(=O)N1Cc1ccccc1. The van der Waals surface area contributed by atoms with Crippen molar-refractivity contribution < 1.29 is 14.0 Å². The van der Waals surface area contributed by atoms with Crippen LogP contribution in [0.5, 0.6) is 0 Å². The third kappa shape index (κ3) is 4.12. The predicted octanol–water partition coefficient (Wildman–Crippen LogP) is 3.93. The fraction of sp³-hybridized carbons (Fsp3) is 0.185. The highest BCUT2D eigenvalue weighted by Crippen LogP contribution is 2.33. The van der Waals surface area contributed by atoms with E-state index in [1.807, 2.05) is 53.4 Å². The average Bonchev–Trinajstić information content (AvgIpc) is 3.11. The van der Waals surface area contributed by atoms with Crippen LogP contribution in [0.15, 0.2) is 90.6 Å². The molecule has 0 bridgehead atoms. The summed E-state index contributed by atoms with van der Waals surface area (Å²) in [7, 11) is 0. The van der Waals surface area contributed by atoms with Crippen molar-refractivity contribution in [3.63, 3.8) is 0 Å². The molecule has 0 saturated carbocycles. The Kier molecular flexibility index (Phi) is 5.65. The minimum atomic E-state index is -0.379. The quantitative estimate of drug-likeness (QED) is 0.563. The molecule has 2 heterocycles. The maximum Gasteiger partial charge on any atom is 0.278 e. The first kappa shape index (κ1) is 20.9. The van der Waals surface area contributed by atoms with Crippen molar-refractivity contribution in [3.8, 4) is 0 Å². The molecule has 166 valence electrons. The number of benzene rings is 3. The molecule has 0 atom stereocenters. The Morgan fingerprint density at radius 2 is 1.24 bits per heavy atom. The van der Waals surface area contributed by atoms with E-state index in [0.29, 0.717) is 29.9 Å². The lowest BCUT2D eigenvalue weighted by Crippen LogP contribution is -2.47. The minimum Gasteiger partial charge on any atom is -0.368 e. The van der Waals surface area contributed by atoms with Gasteiger partial charge >= 0.3 is 0 Å². The minimum absolute atomic E-state index is 0.205. The van der Waals surface area contributed by atoms with E-state index < -0.39 is 0 Å². The number of halogens is 1. The van der Waals surface area contributed by atoms with E-state index in [2.05, 4.69) is 17.0 Å². The number of hydrogen-bond acceptors (Lipinski definition) is 4. The van der Waals surface area contributed by atoms with Crippen LogP contribution in [0.4, 0.5) is 10.1 Å². The van der Waals surface area contributed by atoms with Crippen molar-refractivity contribution in [2.75, 3.05) is 31.1 Å². The zero-order valence-corrected chi connectivity index (χ0v) is 18.2. The average molecular weight is 442 g/mol. The third-order valence-corrected chi connectivity index (χ3v) is 6.18. The highest BCUT2D eigenvalue weighted by molar-refractivity contribution is 6.35. The van der Waals surface area contributed by atoms with Gasteiger partial charge < -0.3 is 9.80 Å². The molecular weight excluding hydrogens is 417 g/mol. The van der Waals surface area contributed by atoms with Gasteiger partial charge in [0.25, 0.3) is 11.8 Å². The number of nitrogens with zero attached hydrogens (tertiary/aromatic N) is 3. The molecule has 0 aromatic heterocycles. The van der Waals surface area contributed by atoms with E-state index in [1.54, 1.807) is 12.1 Å². The van der Waals surface area contributed by atoms with Gasteiger partial charge in [0.15, 0.2) is 0 Å². The Morgan fingerprint density at radius 1 is 0.667 bits per heavy atom. The number of imide groups is 1. The van der Waals surface area contributed by atoms with Crippen molar-refractivity contribution in [1.29, 1.82) is 0 Å². The first-order valence-corrected chi connectivity index (χ1v) is 11.1. The molecule has 0 aliphatic carbocycles. The van der Waals surface area contributed by atoms with Crippen LogP contribution in [0.3, 0.4) is 0 Å². The van der Waals surface area contributed by atoms with E-state index >= 15 is 0 Å². The zero-order chi connectivity index (χ0) is 22.8. The van der Waals surface area contributed by atoms with Gasteiger partial charge in [-0.15, -0.1) is 0 Å². The number of carbonyl (C=O) groups is 2. The Labute approximate surface area is 192 Å². The summed E-state index contributed by atoms with van der Waals surface area (Å²) in [4.78, 5) is 32.6. The molecule has 2 aliphatic heterocycles. The summed E-state index contributed by atoms with van der Waals surface area (Å²) in [6.07, 6.45) is 0. The van der Waals surface area contributed by atoms with Gasteiger partial charge in [0.05, 0.1) is 12.1 Å². The Hall–Kier alpha value is -3.93. The van der Waals surface area contributed by atoms with Gasteiger partial charge in [-0.05, 0) is 35.4 Å². The van der Waals surface area contributed by atoms with Gasteiger partial charge in [0, 0.05) is 31.9 Å². The second-order valence-electron chi connectivity index (χ2n) is 8.22. The van der Waals surface area contributed by atoms with E-state index in [0.717, 1.165) is 24.3 Å². The molecule has 6 heteroatoms. The van der Waals surface area contributed by atoms with Crippen molar-refractivity contribution in [2.24, 2.45) is 0 Å². The maximum atomic E-state index is 13.6. The zero-order valence-electron chi connectivity index (χ0n) is 18.2. The van der Waals surface area contributed by atoms with Gasteiger partial charge in [-0.25, -0.2) is 4.39 Å². The summed E-state index contributed by atoms with van der Waals surface area (Å²) in [6.45, 7) is 2.92.